The second-order valence-corrected chi connectivity index (χ2v) is 5.95. The number of halogens is 3. The van der Waals surface area contributed by atoms with Crippen molar-refractivity contribution in [3.8, 4) is 0 Å². The predicted octanol–water partition coefficient (Wildman–Crippen LogP) is 4.83. The average molecular weight is 373 g/mol. The first-order valence-corrected chi connectivity index (χ1v) is 7.72. The van der Waals surface area contributed by atoms with Crippen molar-refractivity contribution < 1.29 is 14.3 Å². The Bertz CT molecular complexity index is 749. The van der Waals surface area contributed by atoms with Crippen molar-refractivity contribution >= 4 is 52.4 Å². The summed E-state index contributed by atoms with van der Waals surface area (Å²) in [5.74, 6) is -1.17. The van der Waals surface area contributed by atoms with Crippen LogP contribution in [0.15, 0.2) is 42.5 Å². The van der Waals surface area contributed by atoms with Crippen molar-refractivity contribution in [1.82, 2.24) is 0 Å². The topological polar surface area (TPSA) is 55.4 Å². The molecule has 23 heavy (non-hydrogen) atoms. The zero-order valence-corrected chi connectivity index (χ0v) is 14.2. The van der Waals surface area contributed by atoms with E-state index in [0.29, 0.717) is 20.8 Å². The molecule has 0 unspecified atom stereocenters. The standard InChI is InChI=1S/C16H12Cl3NO3/c1-9(23-16(22)10-3-2-4-11(17)7-10)15(21)20-14-8-12(18)5-6-13(14)19/h2-9H,1H3,(H,20,21)/t9-/m1/s1. The number of hydrogen-bond acceptors (Lipinski definition) is 3. The van der Waals surface area contributed by atoms with Gasteiger partial charge in [-0.25, -0.2) is 4.79 Å². The number of nitrogens with one attached hydrogen (secondary N) is 1. The molecule has 1 N–H and O–H groups in total. The van der Waals surface area contributed by atoms with E-state index in [0.717, 1.165) is 0 Å². The highest BCUT2D eigenvalue weighted by atomic mass is 35.5. The van der Waals surface area contributed by atoms with Gasteiger partial charge in [-0.2, -0.15) is 0 Å². The molecule has 0 aliphatic rings. The van der Waals surface area contributed by atoms with Gasteiger partial charge in [0.05, 0.1) is 16.3 Å². The lowest BCUT2D eigenvalue weighted by molar-refractivity contribution is -0.123. The van der Waals surface area contributed by atoms with Gasteiger partial charge in [-0.3, -0.25) is 4.79 Å². The number of esters is 1. The summed E-state index contributed by atoms with van der Waals surface area (Å²) in [5, 5.41) is 3.72. The monoisotopic (exact) mass is 371 g/mol. The van der Waals surface area contributed by atoms with E-state index in [4.69, 9.17) is 39.5 Å². The minimum atomic E-state index is -1.02. The number of carbonyl (C=O) groups is 2. The second-order valence-electron chi connectivity index (χ2n) is 4.67. The van der Waals surface area contributed by atoms with Gasteiger partial charge in [-0.05, 0) is 43.3 Å². The summed E-state index contributed by atoms with van der Waals surface area (Å²) in [6, 6.07) is 10.9. The van der Waals surface area contributed by atoms with Gasteiger partial charge in [0.25, 0.3) is 5.91 Å². The maximum atomic E-state index is 12.1. The summed E-state index contributed by atoms with van der Waals surface area (Å²) in [6.45, 7) is 1.45. The van der Waals surface area contributed by atoms with Gasteiger partial charge >= 0.3 is 5.97 Å². The van der Waals surface area contributed by atoms with Crippen LogP contribution in [-0.2, 0) is 9.53 Å². The smallest absolute Gasteiger partial charge is 0.338 e. The molecule has 0 heterocycles. The summed E-state index contributed by atoms with van der Waals surface area (Å²) < 4.78 is 5.11. The van der Waals surface area contributed by atoms with Crippen molar-refractivity contribution in [3.63, 3.8) is 0 Å². The summed E-state index contributed by atoms with van der Waals surface area (Å²) in [6.07, 6.45) is -1.02. The van der Waals surface area contributed by atoms with E-state index < -0.39 is 18.0 Å². The molecule has 0 spiro atoms. The van der Waals surface area contributed by atoms with Gasteiger partial charge in [-0.15, -0.1) is 0 Å². The van der Waals surface area contributed by atoms with Crippen LogP contribution in [0, 0.1) is 0 Å². The summed E-state index contributed by atoms with van der Waals surface area (Å²) in [5.41, 5.74) is 0.604. The fourth-order valence-electron chi connectivity index (χ4n) is 1.73. The molecule has 2 rings (SSSR count). The molecule has 0 saturated carbocycles. The van der Waals surface area contributed by atoms with Gasteiger partial charge in [0.1, 0.15) is 0 Å². The molecule has 0 bridgehead atoms. The first kappa shape index (κ1) is 17.6. The van der Waals surface area contributed by atoms with E-state index in [9.17, 15) is 9.59 Å². The van der Waals surface area contributed by atoms with Gasteiger partial charge in [0, 0.05) is 10.0 Å². The molecule has 0 saturated heterocycles. The first-order valence-electron chi connectivity index (χ1n) is 6.59. The molecule has 0 aromatic heterocycles. The van der Waals surface area contributed by atoms with Crippen molar-refractivity contribution in [2.24, 2.45) is 0 Å². The van der Waals surface area contributed by atoms with Crippen LogP contribution in [0.25, 0.3) is 0 Å². The maximum absolute atomic E-state index is 12.1. The molecule has 0 aliphatic heterocycles. The lowest BCUT2D eigenvalue weighted by Gasteiger charge is -2.14. The molecule has 4 nitrogen and oxygen atoms in total. The van der Waals surface area contributed by atoms with Crippen molar-refractivity contribution in [3.05, 3.63) is 63.1 Å². The van der Waals surface area contributed by atoms with Crippen LogP contribution in [0.1, 0.15) is 17.3 Å². The fourth-order valence-corrected chi connectivity index (χ4v) is 2.25. The molecule has 7 heteroatoms. The van der Waals surface area contributed by atoms with Crippen LogP contribution in [0.4, 0.5) is 5.69 Å². The number of ether oxygens (including phenoxy) is 1. The van der Waals surface area contributed by atoms with Crippen molar-refractivity contribution in [1.29, 1.82) is 0 Å². The predicted molar refractivity (Wildman–Crippen MR) is 91.4 cm³/mol. The SMILES string of the molecule is C[C@@H](OC(=O)c1cccc(Cl)c1)C(=O)Nc1cc(Cl)ccc1Cl. The first-order chi connectivity index (χ1) is 10.9. The zero-order valence-electron chi connectivity index (χ0n) is 12.0. The molecule has 2 aromatic rings. The van der Waals surface area contributed by atoms with Crippen LogP contribution in [0.2, 0.25) is 15.1 Å². The molecule has 1 atom stereocenters. The van der Waals surface area contributed by atoms with Gasteiger partial charge in [0.2, 0.25) is 0 Å². The number of carbonyl (C=O) groups excluding carboxylic acids is 2. The minimum absolute atomic E-state index is 0.262. The Morgan fingerprint density at radius 2 is 1.74 bits per heavy atom. The van der Waals surface area contributed by atoms with E-state index in [-0.39, 0.29) is 5.56 Å². The third-order valence-corrected chi connectivity index (χ3v) is 3.70. The maximum Gasteiger partial charge on any atom is 0.338 e. The molecule has 1 amide bonds. The van der Waals surface area contributed by atoms with E-state index in [2.05, 4.69) is 5.32 Å². The Balaban J connectivity index is 2.02. The third-order valence-electron chi connectivity index (χ3n) is 2.90. The molecule has 0 aliphatic carbocycles. The summed E-state index contributed by atoms with van der Waals surface area (Å²) in [7, 11) is 0. The van der Waals surface area contributed by atoms with Crippen LogP contribution in [0.5, 0.6) is 0 Å². The van der Waals surface area contributed by atoms with Gasteiger partial charge < -0.3 is 10.1 Å². The quantitative estimate of drug-likeness (QED) is 0.782. The van der Waals surface area contributed by atoms with Gasteiger partial charge in [0.15, 0.2) is 6.10 Å². The molecule has 2 aromatic carbocycles. The van der Waals surface area contributed by atoms with Crippen LogP contribution in [-0.4, -0.2) is 18.0 Å². The van der Waals surface area contributed by atoms with E-state index in [1.807, 2.05) is 0 Å². The van der Waals surface area contributed by atoms with Crippen LogP contribution >= 0.6 is 34.8 Å². The van der Waals surface area contributed by atoms with Crippen LogP contribution < -0.4 is 5.32 Å². The highest BCUT2D eigenvalue weighted by Crippen LogP contribution is 2.25. The molecule has 0 fully saturated rings. The molecular formula is C16H12Cl3NO3. The Labute approximate surface area is 148 Å². The summed E-state index contributed by atoms with van der Waals surface area (Å²) >= 11 is 17.6. The lowest BCUT2D eigenvalue weighted by atomic mass is 10.2. The number of amides is 1. The minimum Gasteiger partial charge on any atom is -0.449 e. The van der Waals surface area contributed by atoms with E-state index >= 15 is 0 Å². The second kappa shape index (κ2) is 7.68. The summed E-state index contributed by atoms with van der Waals surface area (Å²) in [4.78, 5) is 24.1. The number of hydrogen-bond donors (Lipinski definition) is 1. The zero-order chi connectivity index (χ0) is 17.0. The van der Waals surface area contributed by atoms with Crippen LogP contribution in [0.3, 0.4) is 0 Å². The number of anilines is 1. The van der Waals surface area contributed by atoms with Crippen molar-refractivity contribution in [2.45, 2.75) is 13.0 Å². The Kier molecular flexibility index (Phi) is 5.88. The van der Waals surface area contributed by atoms with Crippen molar-refractivity contribution in [2.75, 3.05) is 5.32 Å². The highest BCUT2D eigenvalue weighted by Gasteiger charge is 2.20. The molecule has 0 radical (unpaired) electrons. The Morgan fingerprint density at radius 3 is 2.43 bits per heavy atom. The number of rotatable bonds is 4. The third kappa shape index (κ3) is 4.86. The van der Waals surface area contributed by atoms with E-state index in [1.165, 1.54) is 19.1 Å². The Hall–Kier alpha value is -1.75. The average Bonchev–Trinajstić information content (AvgIpc) is 2.50. The number of benzene rings is 2. The van der Waals surface area contributed by atoms with Gasteiger partial charge in [-0.1, -0.05) is 40.9 Å². The highest BCUT2D eigenvalue weighted by molar-refractivity contribution is 6.35. The molecule has 120 valence electrons. The Morgan fingerprint density at radius 1 is 1.04 bits per heavy atom. The largest absolute Gasteiger partial charge is 0.449 e. The fraction of sp³-hybridized carbons (Fsp3) is 0.125. The lowest BCUT2D eigenvalue weighted by Crippen LogP contribution is -2.30. The van der Waals surface area contributed by atoms with E-state index in [1.54, 1.807) is 30.3 Å². The molecular weight excluding hydrogens is 361 g/mol. The normalized spacial score (nSPS) is 11.7.